The first-order valence-electron chi connectivity index (χ1n) is 11.1. The number of Topliss-reactive ketones (excluding diaryl/α,β-unsaturated/α-hetero) is 1. The van der Waals surface area contributed by atoms with Gasteiger partial charge in [0.2, 0.25) is 0 Å². The summed E-state index contributed by atoms with van der Waals surface area (Å²) in [5, 5.41) is 10.7. The number of hydrogen-bond donors (Lipinski definition) is 0. The molecule has 2 aliphatic rings. The summed E-state index contributed by atoms with van der Waals surface area (Å²) in [6.07, 6.45) is 3.81. The number of carbonyl (C=O) groups is 2. The third kappa shape index (κ3) is 3.59. The number of anilines is 1. The highest BCUT2D eigenvalue weighted by Crippen LogP contribution is 2.57. The van der Waals surface area contributed by atoms with Crippen molar-refractivity contribution in [3.05, 3.63) is 70.2 Å². The molecule has 0 radical (unpaired) electrons. The molecule has 0 aliphatic carbocycles. The molecular weight excluding hydrogens is 480 g/mol. The number of carbonyl (C=O) groups excluding carboxylic acids is 2. The van der Waals surface area contributed by atoms with Crippen molar-refractivity contribution in [3.8, 4) is 6.07 Å². The molecule has 4 rings (SSSR count). The molecule has 0 amide bonds. The number of para-hydroxylation sites is 1. The fourth-order valence-corrected chi connectivity index (χ4v) is 5.37. The van der Waals surface area contributed by atoms with E-state index in [9.17, 15) is 14.9 Å². The molecule has 33 heavy (non-hydrogen) atoms. The zero-order valence-corrected chi connectivity index (χ0v) is 20.8. The molecule has 0 saturated carbocycles. The molecule has 4 atom stereocenters. The Bertz CT molecular complexity index is 1160. The van der Waals surface area contributed by atoms with E-state index in [-0.39, 0.29) is 12.4 Å². The van der Waals surface area contributed by atoms with Crippen LogP contribution in [-0.2, 0) is 14.3 Å². The number of fused-ring (bicyclic) bond motifs is 3. The van der Waals surface area contributed by atoms with E-state index in [1.54, 1.807) is 6.92 Å². The normalized spacial score (nSPS) is 25.7. The van der Waals surface area contributed by atoms with Crippen LogP contribution in [0.4, 0.5) is 5.69 Å². The summed E-state index contributed by atoms with van der Waals surface area (Å²) in [5.41, 5.74) is 0.290. The van der Waals surface area contributed by atoms with Crippen LogP contribution in [0.25, 0.3) is 6.08 Å². The number of halogens is 1. The Morgan fingerprint density at radius 2 is 1.82 bits per heavy atom. The molecule has 170 valence electrons. The third-order valence-electron chi connectivity index (χ3n) is 6.58. The van der Waals surface area contributed by atoms with E-state index in [2.05, 4.69) is 22.0 Å². The molecule has 0 unspecified atom stereocenters. The van der Waals surface area contributed by atoms with E-state index in [4.69, 9.17) is 4.74 Å². The van der Waals surface area contributed by atoms with Crippen molar-refractivity contribution in [2.24, 2.45) is 10.8 Å². The molecular formula is C27H27BrN2O3. The Kier molecular flexibility index (Phi) is 5.96. The van der Waals surface area contributed by atoms with Gasteiger partial charge in [-0.25, -0.2) is 0 Å². The molecule has 5 nitrogen and oxygen atoms in total. The Balaban J connectivity index is 2.05. The number of esters is 1. The Morgan fingerprint density at radius 3 is 2.42 bits per heavy atom. The van der Waals surface area contributed by atoms with Crippen LogP contribution in [0.2, 0.25) is 0 Å². The summed E-state index contributed by atoms with van der Waals surface area (Å²) < 4.78 is 6.38. The SMILES string of the molecule is CCOC(=O)[C@]1(C#N)[C@H](c2ccc(Br)cc2)[C@@H](C(=O)C(C)(C)C)N2c3ccccc3C=C[C@@H]21. The van der Waals surface area contributed by atoms with Crippen LogP contribution in [0.15, 0.2) is 59.1 Å². The summed E-state index contributed by atoms with van der Waals surface area (Å²) in [6.45, 7) is 7.52. The minimum absolute atomic E-state index is 0.0213. The fourth-order valence-electron chi connectivity index (χ4n) is 5.10. The Hall–Kier alpha value is -2.91. The lowest BCUT2D eigenvalue weighted by atomic mass is 9.67. The smallest absolute Gasteiger partial charge is 0.329 e. The second-order valence-electron chi connectivity index (χ2n) is 9.56. The second kappa shape index (κ2) is 8.46. The largest absolute Gasteiger partial charge is 0.465 e. The van der Waals surface area contributed by atoms with Crippen LogP contribution in [0.5, 0.6) is 0 Å². The van der Waals surface area contributed by atoms with Crippen molar-refractivity contribution in [3.63, 3.8) is 0 Å². The predicted molar refractivity (Wildman–Crippen MR) is 132 cm³/mol. The van der Waals surface area contributed by atoms with Gasteiger partial charge in [0.25, 0.3) is 0 Å². The number of benzene rings is 2. The van der Waals surface area contributed by atoms with E-state index in [1.165, 1.54) is 0 Å². The van der Waals surface area contributed by atoms with E-state index in [0.717, 1.165) is 21.3 Å². The molecule has 1 saturated heterocycles. The monoisotopic (exact) mass is 506 g/mol. The van der Waals surface area contributed by atoms with Gasteiger partial charge in [0.15, 0.2) is 11.2 Å². The van der Waals surface area contributed by atoms with Crippen LogP contribution in [0, 0.1) is 22.2 Å². The van der Waals surface area contributed by atoms with Crippen molar-refractivity contribution in [2.75, 3.05) is 11.5 Å². The second-order valence-corrected chi connectivity index (χ2v) is 10.5. The molecule has 0 N–H and O–H groups in total. The topological polar surface area (TPSA) is 70.4 Å². The van der Waals surface area contributed by atoms with Gasteiger partial charge in [0.05, 0.1) is 24.8 Å². The maximum atomic E-state index is 14.0. The van der Waals surface area contributed by atoms with Crippen LogP contribution < -0.4 is 4.90 Å². The van der Waals surface area contributed by atoms with Gasteiger partial charge in [-0.15, -0.1) is 0 Å². The lowest BCUT2D eigenvalue weighted by Crippen LogP contribution is -2.48. The van der Waals surface area contributed by atoms with Gasteiger partial charge in [0, 0.05) is 21.5 Å². The quantitative estimate of drug-likeness (QED) is 0.511. The summed E-state index contributed by atoms with van der Waals surface area (Å²) in [7, 11) is 0. The van der Waals surface area contributed by atoms with E-state index >= 15 is 0 Å². The van der Waals surface area contributed by atoms with Crippen LogP contribution >= 0.6 is 15.9 Å². The maximum absolute atomic E-state index is 14.0. The van der Waals surface area contributed by atoms with Crippen LogP contribution in [0.1, 0.15) is 44.7 Å². The van der Waals surface area contributed by atoms with Crippen molar-refractivity contribution in [1.29, 1.82) is 5.26 Å². The number of nitrogens with zero attached hydrogens (tertiary/aromatic N) is 2. The highest BCUT2D eigenvalue weighted by Gasteiger charge is 2.67. The lowest BCUT2D eigenvalue weighted by Gasteiger charge is -2.37. The first-order valence-corrected chi connectivity index (χ1v) is 11.9. The maximum Gasteiger partial charge on any atom is 0.329 e. The van der Waals surface area contributed by atoms with Crippen molar-refractivity contribution >= 4 is 39.4 Å². The molecule has 1 fully saturated rings. The van der Waals surface area contributed by atoms with Crippen molar-refractivity contribution in [1.82, 2.24) is 0 Å². The molecule has 0 bridgehead atoms. The minimum atomic E-state index is -1.58. The van der Waals surface area contributed by atoms with E-state index in [1.807, 2.05) is 86.4 Å². The molecule has 6 heteroatoms. The highest BCUT2D eigenvalue weighted by atomic mass is 79.9. The fraction of sp³-hybridized carbons (Fsp3) is 0.370. The average molecular weight is 507 g/mol. The first-order chi connectivity index (χ1) is 15.7. The molecule has 2 aliphatic heterocycles. The van der Waals surface area contributed by atoms with Crippen LogP contribution in [-0.4, -0.2) is 30.4 Å². The predicted octanol–water partition coefficient (Wildman–Crippen LogP) is 5.51. The van der Waals surface area contributed by atoms with Gasteiger partial charge in [-0.05, 0) is 36.2 Å². The zero-order chi connectivity index (χ0) is 24.0. The summed E-state index contributed by atoms with van der Waals surface area (Å²) in [5.74, 6) is -1.32. The highest BCUT2D eigenvalue weighted by molar-refractivity contribution is 9.10. The van der Waals surface area contributed by atoms with Crippen molar-refractivity contribution in [2.45, 2.75) is 45.7 Å². The lowest BCUT2D eigenvalue weighted by molar-refractivity contribution is -0.152. The van der Waals surface area contributed by atoms with Crippen LogP contribution in [0.3, 0.4) is 0 Å². The third-order valence-corrected chi connectivity index (χ3v) is 7.11. The summed E-state index contributed by atoms with van der Waals surface area (Å²) in [4.78, 5) is 29.6. The molecule has 2 aromatic carbocycles. The van der Waals surface area contributed by atoms with Gasteiger partial charge < -0.3 is 9.64 Å². The average Bonchev–Trinajstić information content (AvgIpc) is 3.10. The Labute approximate surface area is 203 Å². The van der Waals surface area contributed by atoms with Gasteiger partial charge in [-0.1, -0.05) is 79.2 Å². The standard InChI is InChI=1S/C27H27BrN2O3/c1-5-33-25(32)27(16-29)21-15-12-17-8-6-7-9-20(17)30(21)23(24(31)26(2,3)4)22(27)18-10-13-19(28)14-11-18/h6-15,21-23H,5H2,1-4H3/t21-,22-,23+,27+/m1/s1. The number of nitriles is 1. The first kappa shape index (κ1) is 23.3. The van der Waals surface area contributed by atoms with E-state index in [0.29, 0.717) is 0 Å². The van der Waals surface area contributed by atoms with Gasteiger partial charge >= 0.3 is 5.97 Å². The van der Waals surface area contributed by atoms with Gasteiger partial charge in [-0.2, -0.15) is 5.26 Å². The molecule has 0 spiro atoms. The molecule has 2 aromatic rings. The number of rotatable bonds is 4. The summed E-state index contributed by atoms with van der Waals surface area (Å²) >= 11 is 3.47. The van der Waals surface area contributed by atoms with E-state index < -0.39 is 34.8 Å². The Morgan fingerprint density at radius 1 is 1.15 bits per heavy atom. The molecule has 0 aromatic heterocycles. The van der Waals surface area contributed by atoms with Crippen molar-refractivity contribution < 1.29 is 14.3 Å². The number of hydrogen-bond acceptors (Lipinski definition) is 5. The summed E-state index contributed by atoms with van der Waals surface area (Å²) in [6, 6.07) is 16.3. The van der Waals surface area contributed by atoms with Gasteiger partial charge in [0.1, 0.15) is 0 Å². The van der Waals surface area contributed by atoms with Gasteiger partial charge in [-0.3, -0.25) is 9.59 Å². The zero-order valence-electron chi connectivity index (χ0n) is 19.2. The minimum Gasteiger partial charge on any atom is -0.465 e. The number of ether oxygens (including phenoxy) is 1. The molecule has 2 heterocycles. The number of ketones is 1.